The summed E-state index contributed by atoms with van der Waals surface area (Å²) in [5.41, 5.74) is 2.95. The number of rotatable bonds is 6. The molecule has 188 valence electrons. The molecule has 0 fully saturated rings. The van der Waals surface area contributed by atoms with E-state index in [1.807, 2.05) is 12.1 Å². The minimum atomic E-state index is -4.42. The molecule has 0 saturated heterocycles. The van der Waals surface area contributed by atoms with E-state index >= 15 is 0 Å². The zero-order valence-corrected chi connectivity index (χ0v) is 22.2. The number of hydrogen-bond acceptors (Lipinski definition) is 7. The zero-order chi connectivity index (χ0) is 25.8. The molecule has 1 aliphatic heterocycles. The topological polar surface area (TPSA) is 73.5 Å². The summed E-state index contributed by atoms with van der Waals surface area (Å²) in [6.07, 6.45) is 4.27. The molecule has 2 heterocycles. The van der Waals surface area contributed by atoms with Gasteiger partial charge in [0.2, 0.25) is 15.9 Å². The van der Waals surface area contributed by atoms with Crippen LogP contribution in [0.15, 0.2) is 58.0 Å². The number of anilines is 1. The van der Waals surface area contributed by atoms with Crippen molar-refractivity contribution in [3.8, 4) is 0 Å². The summed E-state index contributed by atoms with van der Waals surface area (Å²) >= 11 is 3.32. The molecule has 0 aliphatic carbocycles. The van der Waals surface area contributed by atoms with E-state index in [4.69, 9.17) is 0 Å². The first-order chi connectivity index (χ1) is 16.6. The smallest absolute Gasteiger partial charge is 0.262 e. The molecule has 0 atom stereocenters. The van der Waals surface area contributed by atoms with Crippen LogP contribution in [0, 0.1) is 11.6 Å². The van der Waals surface area contributed by atoms with Crippen molar-refractivity contribution in [3.63, 3.8) is 0 Å². The van der Waals surface area contributed by atoms with Crippen LogP contribution < -0.4 is 9.47 Å². The van der Waals surface area contributed by atoms with Gasteiger partial charge in [-0.05, 0) is 69.7 Å². The molecule has 0 bridgehead atoms. The Morgan fingerprint density at radius 1 is 1.14 bits per heavy atom. The summed E-state index contributed by atoms with van der Waals surface area (Å²) < 4.78 is 62.5. The maximum atomic E-state index is 13.7. The first kappa shape index (κ1) is 27.3. The van der Waals surface area contributed by atoms with E-state index in [0.717, 1.165) is 49.5 Å². The third kappa shape index (κ3) is 6.89. The number of fused-ring (bicyclic) bond motifs is 2. The summed E-state index contributed by atoms with van der Waals surface area (Å²) in [6, 6.07) is 9.87. The third-order valence-corrected chi connectivity index (χ3v) is 7.73. The molecule has 1 aliphatic rings. The standard InChI is InChI=1S/C22H21F2N2S2.C2H6O4S/c1-4-25-17-12-15(23)6-8-19(17)27-21(25)10-14(3)11-22-26(5-2)18-13-16(24)7-9-20(18)28-22;1-2-6-7(3,4)5/h6-13H,4-5H2,1-3H3;2H2,1H3,(H,3,4,5)/q+1;/p-1. The van der Waals surface area contributed by atoms with Crippen LogP contribution in [-0.2, 0) is 21.1 Å². The van der Waals surface area contributed by atoms with Crippen LogP contribution in [0.4, 0.5) is 14.5 Å². The minimum Gasteiger partial charge on any atom is -0.726 e. The third-order valence-electron chi connectivity index (χ3n) is 4.98. The molecule has 0 saturated carbocycles. The van der Waals surface area contributed by atoms with Gasteiger partial charge in [0.1, 0.15) is 22.9 Å². The highest BCUT2D eigenvalue weighted by atomic mass is 32.3. The van der Waals surface area contributed by atoms with E-state index in [0.29, 0.717) is 0 Å². The van der Waals surface area contributed by atoms with E-state index in [-0.39, 0.29) is 18.2 Å². The van der Waals surface area contributed by atoms with E-state index in [9.17, 15) is 21.8 Å². The fourth-order valence-electron chi connectivity index (χ4n) is 3.59. The summed E-state index contributed by atoms with van der Waals surface area (Å²) in [5, 5.41) is 2.18. The molecule has 0 amide bonds. The van der Waals surface area contributed by atoms with Crippen LogP contribution in [0.3, 0.4) is 0 Å². The minimum absolute atomic E-state index is 0.0914. The Morgan fingerprint density at radius 2 is 1.83 bits per heavy atom. The van der Waals surface area contributed by atoms with Crippen molar-refractivity contribution in [3.05, 3.63) is 69.7 Å². The van der Waals surface area contributed by atoms with Gasteiger partial charge in [-0.3, -0.25) is 4.18 Å². The molecule has 6 nitrogen and oxygen atoms in total. The van der Waals surface area contributed by atoms with E-state index in [2.05, 4.69) is 46.6 Å². The highest BCUT2D eigenvalue weighted by Crippen LogP contribution is 2.46. The summed E-state index contributed by atoms with van der Waals surface area (Å²) in [4.78, 5) is 3.21. The zero-order valence-electron chi connectivity index (χ0n) is 19.7. The van der Waals surface area contributed by atoms with Crippen molar-refractivity contribution in [2.24, 2.45) is 0 Å². The fraction of sp³-hybridized carbons (Fsp3) is 0.292. The number of thioether (sulfide) groups is 1. The van der Waals surface area contributed by atoms with Crippen LogP contribution in [0.25, 0.3) is 16.3 Å². The monoisotopic (exact) mass is 540 g/mol. The molecule has 4 rings (SSSR count). The number of aryl methyl sites for hydroxylation is 1. The second-order valence-electron chi connectivity index (χ2n) is 7.44. The Bertz CT molecular complexity index is 1380. The molecule has 1 aromatic heterocycles. The Hall–Kier alpha value is -2.31. The van der Waals surface area contributed by atoms with Crippen molar-refractivity contribution in [1.82, 2.24) is 0 Å². The normalized spacial score (nSPS) is 14.9. The number of allylic oxidation sites excluding steroid dienone is 2. The van der Waals surface area contributed by atoms with Crippen LogP contribution in [0.5, 0.6) is 0 Å². The number of halogens is 2. The van der Waals surface area contributed by atoms with Gasteiger partial charge in [-0.25, -0.2) is 17.2 Å². The van der Waals surface area contributed by atoms with Crippen molar-refractivity contribution in [2.75, 3.05) is 18.1 Å². The Labute approximate surface area is 212 Å². The van der Waals surface area contributed by atoms with E-state index in [1.54, 1.807) is 35.2 Å². The predicted molar refractivity (Wildman–Crippen MR) is 136 cm³/mol. The first-order valence-electron chi connectivity index (χ1n) is 10.9. The van der Waals surface area contributed by atoms with Crippen molar-refractivity contribution in [1.29, 1.82) is 0 Å². The van der Waals surface area contributed by atoms with Gasteiger partial charge < -0.3 is 9.45 Å². The average molecular weight is 541 g/mol. The first-order valence-corrected chi connectivity index (χ1v) is 13.9. The Morgan fingerprint density at radius 3 is 2.43 bits per heavy atom. The molecule has 0 unspecified atom stereocenters. The number of nitrogens with zero attached hydrogens (tertiary/aromatic N) is 2. The van der Waals surface area contributed by atoms with E-state index < -0.39 is 10.4 Å². The molecule has 11 heteroatoms. The van der Waals surface area contributed by atoms with Crippen LogP contribution >= 0.6 is 23.1 Å². The highest BCUT2D eigenvalue weighted by Gasteiger charge is 2.24. The molecular formula is C24H26F2N2O4S3. The van der Waals surface area contributed by atoms with Gasteiger partial charge in [-0.15, -0.1) is 0 Å². The van der Waals surface area contributed by atoms with Gasteiger partial charge in [0.05, 0.1) is 17.3 Å². The van der Waals surface area contributed by atoms with Gasteiger partial charge >= 0.3 is 0 Å². The highest BCUT2D eigenvalue weighted by molar-refractivity contribution is 8.03. The number of aromatic nitrogens is 1. The van der Waals surface area contributed by atoms with Gasteiger partial charge in [-0.1, -0.05) is 23.1 Å². The predicted octanol–water partition coefficient (Wildman–Crippen LogP) is 5.85. The van der Waals surface area contributed by atoms with E-state index in [1.165, 1.54) is 19.1 Å². The molecule has 35 heavy (non-hydrogen) atoms. The molecule has 2 aromatic carbocycles. The summed E-state index contributed by atoms with van der Waals surface area (Å²) in [6.45, 7) is 9.09. The molecule has 0 spiro atoms. The fourth-order valence-corrected chi connectivity index (χ4v) is 6.31. The average Bonchev–Trinajstić information content (AvgIpc) is 3.28. The lowest BCUT2D eigenvalue weighted by Crippen LogP contribution is -2.33. The summed E-state index contributed by atoms with van der Waals surface area (Å²) in [5.74, 6) is -0.430. The second kappa shape index (κ2) is 11.6. The lowest BCUT2D eigenvalue weighted by molar-refractivity contribution is -0.665. The SMILES string of the molecule is CCN1/C(=C/C(C)=C/c2sc3ccc(F)cc3[n+]2CC)Sc2ccc(F)cc21.CCOS(=O)(=O)[O-]. The largest absolute Gasteiger partial charge is 0.726 e. The maximum Gasteiger partial charge on any atom is 0.262 e. The molecule has 0 N–H and O–H groups in total. The quantitative estimate of drug-likeness (QED) is 0.222. The lowest BCUT2D eigenvalue weighted by atomic mass is 10.2. The maximum absolute atomic E-state index is 13.7. The van der Waals surface area contributed by atoms with Crippen molar-refractivity contribution in [2.45, 2.75) is 39.1 Å². The van der Waals surface area contributed by atoms with Gasteiger partial charge in [0.15, 0.2) is 0 Å². The Kier molecular flexibility index (Phi) is 9.05. The molecular weight excluding hydrogens is 514 g/mol. The number of thiazole rings is 1. The molecule has 3 aromatic rings. The second-order valence-corrected chi connectivity index (χ2v) is 10.6. The molecule has 0 radical (unpaired) electrons. The Balaban J connectivity index is 0.000000429. The van der Waals surface area contributed by atoms with Gasteiger partial charge in [0.25, 0.3) is 5.01 Å². The lowest BCUT2D eigenvalue weighted by Gasteiger charge is -2.18. The van der Waals surface area contributed by atoms with Crippen LogP contribution in [0.1, 0.15) is 32.7 Å². The van der Waals surface area contributed by atoms with Gasteiger partial charge in [-0.2, -0.15) is 4.57 Å². The van der Waals surface area contributed by atoms with Gasteiger partial charge in [0, 0.05) is 23.6 Å². The number of hydrogen-bond donors (Lipinski definition) is 0. The van der Waals surface area contributed by atoms with Crippen molar-refractivity contribution >= 4 is 55.5 Å². The van der Waals surface area contributed by atoms with Crippen LogP contribution in [0.2, 0.25) is 0 Å². The van der Waals surface area contributed by atoms with Crippen LogP contribution in [-0.4, -0.2) is 26.1 Å². The summed E-state index contributed by atoms with van der Waals surface area (Å²) in [7, 11) is -4.42. The van der Waals surface area contributed by atoms with Crippen molar-refractivity contribution < 1.29 is 30.5 Å². The number of benzene rings is 2.